The first-order valence-corrected chi connectivity index (χ1v) is 47.8. The lowest BCUT2D eigenvalue weighted by atomic mass is 10.0. The summed E-state index contributed by atoms with van der Waals surface area (Å²) in [5.74, 6) is 0.174. The Balaban J connectivity index is 5.20. The molecule has 0 amide bonds. The molecule has 19 heteroatoms. The number of esters is 4. The van der Waals surface area contributed by atoms with Gasteiger partial charge < -0.3 is 33.8 Å². The van der Waals surface area contributed by atoms with Crippen molar-refractivity contribution in [1.82, 2.24) is 0 Å². The second kappa shape index (κ2) is 77.0. The van der Waals surface area contributed by atoms with Crippen molar-refractivity contribution < 1.29 is 80.2 Å². The van der Waals surface area contributed by atoms with Gasteiger partial charge in [0.05, 0.1) is 26.4 Å². The zero-order valence-corrected chi connectivity index (χ0v) is 71.7. The number of aliphatic hydroxyl groups is 1. The van der Waals surface area contributed by atoms with Crippen molar-refractivity contribution in [2.45, 2.75) is 478 Å². The molecule has 0 spiro atoms. The van der Waals surface area contributed by atoms with E-state index in [0.717, 1.165) is 108 Å². The number of phosphoric ester groups is 2. The van der Waals surface area contributed by atoms with Crippen LogP contribution in [0.1, 0.15) is 459 Å². The van der Waals surface area contributed by atoms with Crippen molar-refractivity contribution in [2.75, 3.05) is 39.6 Å². The third-order valence-electron chi connectivity index (χ3n) is 20.4. The van der Waals surface area contributed by atoms with Crippen LogP contribution in [0.3, 0.4) is 0 Å². The van der Waals surface area contributed by atoms with Gasteiger partial charge in [-0.05, 0) is 43.4 Å². The third kappa shape index (κ3) is 80.1. The van der Waals surface area contributed by atoms with Crippen LogP contribution in [0.25, 0.3) is 0 Å². The van der Waals surface area contributed by atoms with Crippen molar-refractivity contribution >= 4 is 39.5 Å². The van der Waals surface area contributed by atoms with Crippen LogP contribution in [-0.2, 0) is 65.4 Å². The minimum Gasteiger partial charge on any atom is -0.462 e. The van der Waals surface area contributed by atoms with Crippen LogP contribution in [0, 0.1) is 17.8 Å². The largest absolute Gasteiger partial charge is 0.472 e. The van der Waals surface area contributed by atoms with Gasteiger partial charge in [-0.15, -0.1) is 0 Å². The van der Waals surface area contributed by atoms with E-state index < -0.39 is 97.5 Å². The van der Waals surface area contributed by atoms with Crippen LogP contribution in [0.15, 0.2) is 0 Å². The fourth-order valence-electron chi connectivity index (χ4n) is 13.5. The second-order valence-corrected chi connectivity index (χ2v) is 35.6. The zero-order valence-electron chi connectivity index (χ0n) is 69.9. The van der Waals surface area contributed by atoms with E-state index in [0.29, 0.717) is 31.6 Å². The molecular weight excluding hydrogens is 1380 g/mol. The third-order valence-corrected chi connectivity index (χ3v) is 22.3. The fourth-order valence-corrected chi connectivity index (χ4v) is 15.1. The number of unbranched alkanes of at least 4 members (excludes halogenated alkanes) is 53. The van der Waals surface area contributed by atoms with Gasteiger partial charge in [0.2, 0.25) is 0 Å². The Morgan fingerprint density at radius 1 is 0.255 bits per heavy atom. The molecule has 630 valence electrons. The molecule has 17 nitrogen and oxygen atoms in total. The van der Waals surface area contributed by atoms with Crippen LogP contribution in [0.2, 0.25) is 0 Å². The number of carbonyl (C=O) groups is 4. The first-order valence-electron chi connectivity index (χ1n) is 44.8. The first-order chi connectivity index (χ1) is 51.2. The lowest BCUT2D eigenvalue weighted by Gasteiger charge is -2.21. The molecule has 2 unspecified atom stereocenters. The predicted octanol–water partition coefficient (Wildman–Crippen LogP) is 26.5. The highest BCUT2D eigenvalue weighted by Gasteiger charge is 2.30. The molecular formula is C87H170O17P2. The van der Waals surface area contributed by atoms with Crippen LogP contribution in [-0.4, -0.2) is 96.7 Å². The smallest absolute Gasteiger partial charge is 0.462 e. The molecule has 0 aliphatic rings. The Hall–Kier alpha value is -1.94. The molecule has 0 fully saturated rings. The standard InChI is InChI=1S/C87H170O17P2/c1-8-9-10-11-12-13-14-15-16-17-18-19-20-21-22-25-32-37-42-47-56-63-70-86(91)103-82(74-97-84(89)68-61-54-46-41-36-31-26-23-24-29-34-39-44-51-58-65-78(2)3)76-101-105(93,94)99-72-81(88)73-100-106(95,96)102-77-83(75-98-85(90)69-62-55-50-49-53-60-67-80(6)7)104-87(92)71-64-57-48-43-38-33-28-27-30-35-40-45-52-59-66-79(4)5/h78-83,88H,8-77H2,1-7H3,(H,93,94)(H,95,96)/t81-,82-,83-/m1/s1. The lowest BCUT2D eigenvalue weighted by molar-refractivity contribution is -0.161. The van der Waals surface area contributed by atoms with E-state index in [1.807, 2.05) is 0 Å². The highest BCUT2D eigenvalue weighted by molar-refractivity contribution is 7.47. The number of hydrogen-bond donors (Lipinski definition) is 3. The van der Waals surface area contributed by atoms with Crippen LogP contribution in [0.4, 0.5) is 0 Å². The average Bonchev–Trinajstić information content (AvgIpc) is 0.903. The average molecular weight is 1550 g/mol. The van der Waals surface area contributed by atoms with Gasteiger partial charge in [0.1, 0.15) is 19.3 Å². The minimum atomic E-state index is -4.97. The van der Waals surface area contributed by atoms with E-state index in [-0.39, 0.29) is 25.7 Å². The normalized spacial score (nSPS) is 13.9. The van der Waals surface area contributed by atoms with Gasteiger partial charge in [-0.1, -0.05) is 408 Å². The molecule has 0 aliphatic heterocycles. The zero-order chi connectivity index (χ0) is 77.9. The second-order valence-electron chi connectivity index (χ2n) is 32.7. The summed E-state index contributed by atoms with van der Waals surface area (Å²) >= 11 is 0. The summed E-state index contributed by atoms with van der Waals surface area (Å²) in [5, 5.41) is 10.7. The first kappa shape index (κ1) is 104. The molecule has 0 aromatic rings. The number of carbonyl (C=O) groups excluding carboxylic acids is 4. The molecule has 0 saturated carbocycles. The summed E-state index contributed by atoms with van der Waals surface area (Å²) in [6.07, 6.45) is 68.3. The summed E-state index contributed by atoms with van der Waals surface area (Å²) in [4.78, 5) is 73.2. The summed E-state index contributed by atoms with van der Waals surface area (Å²) in [5.41, 5.74) is 0. The van der Waals surface area contributed by atoms with Gasteiger partial charge in [-0.2, -0.15) is 0 Å². The van der Waals surface area contributed by atoms with Gasteiger partial charge in [0.15, 0.2) is 12.2 Å². The quantitative estimate of drug-likeness (QED) is 0.0222. The van der Waals surface area contributed by atoms with E-state index in [9.17, 15) is 43.2 Å². The number of ether oxygens (including phenoxy) is 4. The van der Waals surface area contributed by atoms with Crippen molar-refractivity contribution in [1.29, 1.82) is 0 Å². The van der Waals surface area contributed by atoms with E-state index in [4.69, 9.17) is 37.0 Å². The summed E-state index contributed by atoms with van der Waals surface area (Å²) in [7, 11) is -9.93. The van der Waals surface area contributed by atoms with Gasteiger partial charge in [-0.3, -0.25) is 37.3 Å². The maximum atomic E-state index is 13.2. The van der Waals surface area contributed by atoms with Crippen molar-refractivity contribution in [3.63, 3.8) is 0 Å². The van der Waals surface area contributed by atoms with Gasteiger partial charge in [0, 0.05) is 25.7 Å². The molecule has 0 heterocycles. The Morgan fingerprint density at radius 2 is 0.434 bits per heavy atom. The maximum absolute atomic E-state index is 13.2. The molecule has 0 rings (SSSR count). The summed E-state index contributed by atoms with van der Waals surface area (Å²) < 4.78 is 68.9. The fraction of sp³-hybridized carbons (Fsp3) is 0.954. The van der Waals surface area contributed by atoms with Crippen LogP contribution >= 0.6 is 15.6 Å². The maximum Gasteiger partial charge on any atom is 0.472 e. The number of hydrogen-bond acceptors (Lipinski definition) is 15. The molecule has 0 aromatic heterocycles. The summed E-state index contributed by atoms with van der Waals surface area (Å²) in [6.45, 7) is 11.9. The SMILES string of the molecule is CCCCCCCCCCCCCCCCCCCCCCCCC(=O)O[C@H](COC(=O)CCCCCCCCCCCCCCCCCC(C)C)COP(=O)(O)OC[C@@H](O)COP(=O)(O)OC[C@@H](COC(=O)CCCCCCCCC(C)C)OC(=O)CCCCCCCCCCCCCCCCC(C)C. The molecule has 106 heavy (non-hydrogen) atoms. The van der Waals surface area contributed by atoms with Crippen LogP contribution in [0.5, 0.6) is 0 Å². The minimum absolute atomic E-state index is 0.107. The monoisotopic (exact) mass is 1550 g/mol. The molecule has 0 aliphatic carbocycles. The van der Waals surface area contributed by atoms with Gasteiger partial charge in [-0.25, -0.2) is 9.13 Å². The lowest BCUT2D eigenvalue weighted by Crippen LogP contribution is -2.30. The van der Waals surface area contributed by atoms with E-state index in [1.165, 1.54) is 263 Å². The van der Waals surface area contributed by atoms with E-state index in [1.54, 1.807) is 0 Å². The molecule has 3 N–H and O–H groups in total. The highest BCUT2D eigenvalue weighted by atomic mass is 31.2. The molecule has 0 aromatic carbocycles. The molecule has 5 atom stereocenters. The van der Waals surface area contributed by atoms with Crippen molar-refractivity contribution in [2.24, 2.45) is 17.8 Å². The molecule has 0 saturated heterocycles. The molecule has 0 radical (unpaired) electrons. The number of phosphoric acid groups is 2. The van der Waals surface area contributed by atoms with Gasteiger partial charge in [0.25, 0.3) is 0 Å². The number of aliphatic hydroxyl groups excluding tert-OH is 1. The topological polar surface area (TPSA) is 237 Å². The Bertz CT molecular complexity index is 2040. The van der Waals surface area contributed by atoms with Gasteiger partial charge >= 0.3 is 39.5 Å². The summed E-state index contributed by atoms with van der Waals surface area (Å²) in [6, 6.07) is 0. The molecule has 0 bridgehead atoms. The predicted molar refractivity (Wildman–Crippen MR) is 437 cm³/mol. The Labute approximate surface area is 651 Å². The van der Waals surface area contributed by atoms with Crippen molar-refractivity contribution in [3.8, 4) is 0 Å². The highest BCUT2D eigenvalue weighted by Crippen LogP contribution is 2.45. The van der Waals surface area contributed by atoms with Crippen molar-refractivity contribution in [3.05, 3.63) is 0 Å². The Kier molecular flexibility index (Phi) is 75.6. The number of rotatable bonds is 85. The van der Waals surface area contributed by atoms with E-state index >= 15 is 0 Å². The van der Waals surface area contributed by atoms with Crippen LogP contribution < -0.4 is 0 Å². The van der Waals surface area contributed by atoms with E-state index in [2.05, 4.69) is 48.5 Å². The Morgan fingerprint density at radius 3 is 0.642 bits per heavy atom.